The van der Waals surface area contributed by atoms with Crippen molar-refractivity contribution in [3.8, 4) is 5.75 Å². The summed E-state index contributed by atoms with van der Waals surface area (Å²) in [5, 5.41) is 2.72. The maximum atomic E-state index is 13.3. The smallest absolute Gasteiger partial charge is 0.308 e. The summed E-state index contributed by atoms with van der Waals surface area (Å²) in [7, 11) is 0. The highest BCUT2D eigenvalue weighted by atomic mass is 79.9. The molecule has 0 aliphatic carbocycles. The second kappa shape index (κ2) is 10.2. The van der Waals surface area contributed by atoms with Gasteiger partial charge in [-0.25, -0.2) is 0 Å². The average molecular weight is 475 g/mol. The Morgan fingerprint density at radius 3 is 2.70 bits per heavy atom. The number of hydrogen-bond acceptors (Lipinski definition) is 5. The van der Waals surface area contributed by atoms with E-state index >= 15 is 0 Å². The van der Waals surface area contributed by atoms with E-state index in [-0.39, 0.29) is 24.8 Å². The van der Waals surface area contributed by atoms with Crippen molar-refractivity contribution in [1.29, 1.82) is 0 Å². The zero-order valence-corrected chi connectivity index (χ0v) is 18.2. The van der Waals surface area contributed by atoms with Gasteiger partial charge in [0.25, 0.3) is 5.91 Å². The maximum absolute atomic E-state index is 13.3. The number of amides is 2. The van der Waals surface area contributed by atoms with Crippen molar-refractivity contribution in [2.45, 2.75) is 26.0 Å². The molecule has 2 aromatic carbocycles. The van der Waals surface area contributed by atoms with E-state index in [9.17, 15) is 14.4 Å². The second-order valence-corrected chi connectivity index (χ2v) is 7.64. The van der Waals surface area contributed by atoms with Gasteiger partial charge in [-0.1, -0.05) is 46.3 Å². The van der Waals surface area contributed by atoms with Crippen molar-refractivity contribution in [3.63, 3.8) is 0 Å². The highest BCUT2D eigenvalue weighted by Crippen LogP contribution is 2.26. The Bertz CT molecular complexity index is 919. The van der Waals surface area contributed by atoms with Crippen molar-refractivity contribution >= 4 is 33.7 Å². The normalized spacial score (nSPS) is 16.0. The van der Waals surface area contributed by atoms with Crippen molar-refractivity contribution in [2.75, 3.05) is 19.7 Å². The van der Waals surface area contributed by atoms with Crippen molar-refractivity contribution in [2.24, 2.45) is 0 Å². The first-order valence-corrected chi connectivity index (χ1v) is 10.5. The van der Waals surface area contributed by atoms with E-state index in [1.807, 2.05) is 37.3 Å². The van der Waals surface area contributed by atoms with Crippen molar-refractivity contribution < 1.29 is 23.9 Å². The molecule has 1 aliphatic rings. The molecular weight excluding hydrogens is 452 g/mol. The molecule has 1 heterocycles. The highest BCUT2D eigenvalue weighted by molar-refractivity contribution is 9.10. The number of hydrogen-bond donors (Lipinski definition) is 1. The summed E-state index contributed by atoms with van der Waals surface area (Å²) in [6.45, 7) is 2.95. The van der Waals surface area contributed by atoms with Crippen LogP contribution in [0.4, 0.5) is 0 Å². The second-order valence-electron chi connectivity index (χ2n) is 6.73. The summed E-state index contributed by atoms with van der Waals surface area (Å²) in [6, 6.07) is 13.5. The first-order chi connectivity index (χ1) is 14.5. The standard InChI is InChI=1S/C22H23BrN2O5/c1-2-29-19-9-8-16(23)12-17(19)22(28)25-11-10-24-21(27)18(25)13-20(26)30-14-15-6-4-3-5-7-15/h3-9,12,18H,2,10-11,13-14H2,1H3,(H,24,27)/t18-/m0/s1. The van der Waals surface area contributed by atoms with E-state index in [4.69, 9.17) is 9.47 Å². The fourth-order valence-electron chi connectivity index (χ4n) is 3.22. The third kappa shape index (κ3) is 5.38. The molecule has 1 atom stereocenters. The van der Waals surface area contributed by atoms with Crippen LogP contribution in [0.15, 0.2) is 53.0 Å². The van der Waals surface area contributed by atoms with Gasteiger partial charge in [0, 0.05) is 17.6 Å². The van der Waals surface area contributed by atoms with E-state index < -0.39 is 12.0 Å². The van der Waals surface area contributed by atoms with Gasteiger partial charge >= 0.3 is 5.97 Å². The maximum Gasteiger partial charge on any atom is 0.308 e. The summed E-state index contributed by atoms with van der Waals surface area (Å²) < 4.78 is 11.6. The number of benzene rings is 2. The van der Waals surface area contributed by atoms with E-state index in [0.717, 1.165) is 10.0 Å². The van der Waals surface area contributed by atoms with Crippen LogP contribution >= 0.6 is 15.9 Å². The molecule has 7 nitrogen and oxygen atoms in total. The minimum Gasteiger partial charge on any atom is -0.493 e. The summed E-state index contributed by atoms with van der Waals surface area (Å²) in [6.07, 6.45) is -0.220. The summed E-state index contributed by atoms with van der Waals surface area (Å²) in [4.78, 5) is 39.5. The quantitative estimate of drug-likeness (QED) is 0.623. The number of ether oxygens (including phenoxy) is 2. The summed E-state index contributed by atoms with van der Waals surface area (Å²) in [5.41, 5.74) is 1.19. The Morgan fingerprint density at radius 2 is 1.97 bits per heavy atom. The van der Waals surface area contributed by atoms with Gasteiger partial charge < -0.3 is 19.7 Å². The SMILES string of the molecule is CCOc1ccc(Br)cc1C(=O)N1CCNC(=O)[C@@H]1CC(=O)OCc1ccccc1. The van der Waals surface area contributed by atoms with Gasteiger partial charge in [-0.05, 0) is 30.7 Å². The van der Waals surface area contributed by atoms with Crippen LogP contribution in [0.2, 0.25) is 0 Å². The van der Waals surface area contributed by atoms with Crippen LogP contribution in [0.5, 0.6) is 5.75 Å². The Morgan fingerprint density at radius 1 is 1.20 bits per heavy atom. The number of halogens is 1. The monoisotopic (exact) mass is 474 g/mol. The number of carbonyl (C=O) groups excluding carboxylic acids is 3. The van der Waals surface area contributed by atoms with Crippen LogP contribution in [0.25, 0.3) is 0 Å². The number of nitrogens with one attached hydrogen (secondary N) is 1. The lowest BCUT2D eigenvalue weighted by molar-refractivity contribution is -0.148. The first-order valence-electron chi connectivity index (χ1n) is 9.70. The lowest BCUT2D eigenvalue weighted by Crippen LogP contribution is -2.57. The van der Waals surface area contributed by atoms with Gasteiger partial charge in [-0.3, -0.25) is 14.4 Å². The molecule has 1 aliphatic heterocycles. The molecule has 2 aromatic rings. The zero-order valence-electron chi connectivity index (χ0n) is 16.6. The van der Waals surface area contributed by atoms with Gasteiger partial charge in [0.05, 0.1) is 18.6 Å². The molecule has 0 bridgehead atoms. The fraction of sp³-hybridized carbons (Fsp3) is 0.318. The topological polar surface area (TPSA) is 84.9 Å². The summed E-state index contributed by atoms with van der Waals surface area (Å²) >= 11 is 3.37. The number of carbonyl (C=O) groups is 3. The van der Waals surface area contributed by atoms with E-state index in [2.05, 4.69) is 21.2 Å². The van der Waals surface area contributed by atoms with Crippen LogP contribution in [0, 0.1) is 0 Å². The molecule has 3 rings (SSSR count). The minimum atomic E-state index is -0.942. The molecule has 1 N–H and O–H groups in total. The largest absolute Gasteiger partial charge is 0.493 e. The summed E-state index contributed by atoms with van der Waals surface area (Å²) in [5.74, 6) is -0.852. The predicted octanol–water partition coefficient (Wildman–Crippen LogP) is 2.92. The highest BCUT2D eigenvalue weighted by Gasteiger charge is 2.36. The van der Waals surface area contributed by atoms with E-state index in [0.29, 0.717) is 31.0 Å². The molecule has 2 amide bonds. The Labute approximate surface area is 183 Å². The molecular formula is C22H23BrN2O5. The average Bonchev–Trinajstić information content (AvgIpc) is 2.75. The zero-order chi connectivity index (χ0) is 21.5. The van der Waals surface area contributed by atoms with Crippen LogP contribution in [0.3, 0.4) is 0 Å². The fourth-order valence-corrected chi connectivity index (χ4v) is 3.58. The van der Waals surface area contributed by atoms with Gasteiger partial charge in [0.2, 0.25) is 5.91 Å². The molecule has 1 saturated heterocycles. The lowest BCUT2D eigenvalue weighted by atomic mass is 10.1. The minimum absolute atomic E-state index is 0.113. The lowest BCUT2D eigenvalue weighted by Gasteiger charge is -2.35. The molecule has 30 heavy (non-hydrogen) atoms. The molecule has 158 valence electrons. The number of nitrogens with zero attached hydrogens (tertiary/aromatic N) is 1. The number of rotatable bonds is 7. The van der Waals surface area contributed by atoms with Crippen LogP contribution in [0.1, 0.15) is 29.3 Å². The van der Waals surface area contributed by atoms with E-state index in [1.165, 1.54) is 4.90 Å². The van der Waals surface area contributed by atoms with Gasteiger partial charge in [0.1, 0.15) is 18.4 Å². The molecule has 0 radical (unpaired) electrons. The van der Waals surface area contributed by atoms with Gasteiger partial charge in [-0.2, -0.15) is 0 Å². The van der Waals surface area contributed by atoms with Gasteiger partial charge in [-0.15, -0.1) is 0 Å². The molecule has 0 aromatic heterocycles. The molecule has 1 fully saturated rings. The van der Waals surface area contributed by atoms with Crippen LogP contribution in [-0.4, -0.2) is 48.4 Å². The number of piperazine rings is 1. The van der Waals surface area contributed by atoms with Crippen molar-refractivity contribution in [1.82, 2.24) is 10.2 Å². The van der Waals surface area contributed by atoms with E-state index in [1.54, 1.807) is 18.2 Å². The Hall–Kier alpha value is -2.87. The molecule has 0 spiro atoms. The van der Waals surface area contributed by atoms with Crippen LogP contribution in [-0.2, 0) is 20.9 Å². The van der Waals surface area contributed by atoms with Crippen molar-refractivity contribution in [3.05, 3.63) is 64.1 Å². The third-order valence-corrected chi connectivity index (χ3v) is 5.16. The Kier molecular flexibility index (Phi) is 7.46. The molecule has 0 unspecified atom stereocenters. The Balaban J connectivity index is 1.74. The first kappa shape index (κ1) is 21.8. The molecule has 0 saturated carbocycles. The third-order valence-electron chi connectivity index (χ3n) is 4.67. The van der Waals surface area contributed by atoms with Gasteiger partial charge in [0.15, 0.2) is 0 Å². The van der Waals surface area contributed by atoms with Crippen LogP contribution < -0.4 is 10.1 Å². The predicted molar refractivity (Wildman–Crippen MR) is 114 cm³/mol. The molecule has 8 heteroatoms. The number of esters is 1.